The van der Waals surface area contributed by atoms with Gasteiger partial charge in [-0.15, -0.1) is 11.3 Å². The quantitative estimate of drug-likeness (QED) is 0.884. The highest BCUT2D eigenvalue weighted by Crippen LogP contribution is 2.25. The number of sulfone groups is 1. The summed E-state index contributed by atoms with van der Waals surface area (Å²) in [4.78, 5) is 4.42. The molecule has 0 bridgehead atoms. The Morgan fingerprint density at radius 2 is 2.44 bits per heavy atom. The number of nitrogens with two attached hydrogens (primary N) is 1. The number of hydrogen-bond acceptors (Lipinski definition) is 5. The molecule has 2 atom stereocenters. The first-order chi connectivity index (χ1) is 7.46. The zero-order chi connectivity index (χ0) is 11.8. The van der Waals surface area contributed by atoms with E-state index < -0.39 is 9.84 Å². The van der Waals surface area contributed by atoms with Crippen LogP contribution in [-0.4, -0.2) is 24.9 Å². The van der Waals surface area contributed by atoms with Crippen molar-refractivity contribution in [1.82, 2.24) is 4.98 Å². The fraction of sp³-hybridized carbons (Fsp3) is 0.700. The Labute approximate surface area is 99.8 Å². The van der Waals surface area contributed by atoms with Crippen molar-refractivity contribution >= 4 is 21.2 Å². The van der Waals surface area contributed by atoms with E-state index in [2.05, 4.69) is 4.98 Å². The lowest BCUT2D eigenvalue weighted by molar-refractivity contribution is 0.580. The Bertz CT molecular complexity index is 465. The molecule has 2 heterocycles. The van der Waals surface area contributed by atoms with Crippen LogP contribution < -0.4 is 5.73 Å². The van der Waals surface area contributed by atoms with Gasteiger partial charge in [-0.05, 0) is 19.3 Å². The van der Waals surface area contributed by atoms with Gasteiger partial charge in [0.25, 0.3) is 0 Å². The third-order valence-electron chi connectivity index (χ3n) is 2.83. The number of thiazole rings is 1. The van der Waals surface area contributed by atoms with Gasteiger partial charge in [0.05, 0.1) is 22.2 Å². The van der Waals surface area contributed by atoms with Gasteiger partial charge in [-0.25, -0.2) is 13.4 Å². The van der Waals surface area contributed by atoms with Crippen molar-refractivity contribution in [2.75, 3.05) is 11.5 Å². The normalized spacial score (nSPS) is 25.8. The fourth-order valence-electron chi connectivity index (χ4n) is 1.91. The smallest absolute Gasteiger partial charge is 0.150 e. The predicted molar refractivity (Wildman–Crippen MR) is 65.2 cm³/mol. The maximum atomic E-state index is 11.3. The van der Waals surface area contributed by atoms with Gasteiger partial charge in [0.15, 0.2) is 9.84 Å². The lowest BCUT2D eigenvalue weighted by Crippen LogP contribution is -2.08. The minimum Gasteiger partial charge on any atom is -0.323 e. The number of nitrogens with zero attached hydrogens (tertiary/aromatic N) is 1. The van der Waals surface area contributed by atoms with Crippen LogP contribution in [0.4, 0.5) is 0 Å². The second-order valence-corrected chi connectivity index (χ2v) is 7.60. The van der Waals surface area contributed by atoms with E-state index in [1.54, 1.807) is 11.3 Å². The third kappa shape index (κ3) is 2.81. The summed E-state index contributed by atoms with van der Waals surface area (Å²) in [7, 11) is -2.77. The van der Waals surface area contributed by atoms with Crippen molar-refractivity contribution in [3.05, 3.63) is 16.1 Å². The standard InChI is InChI=1S/C10H16N2O2S2/c1-7(11)9-5-15-10(12-9)4-8-2-3-16(13,14)6-8/h5,7-8H,2-4,6,11H2,1H3. The van der Waals surface area contributed by atoms with Crippen LogP contribution in [0.15, 0.2) is 5.38 Å². The molecule has 2 unspecified atom stereocenters. The highest BCUT2D eigenvalue weighted by molar-refractivity contribution is 7.91. The summed E-state index contributed by atoms with van der Waals surface area (Å²) in [5.41, 5.74) is 6.63. The van der Waals surface area contributed by atoms with Crippen LogP contribution in [-0.2, 0) is 16.3 Å². The lowest BCUT2D eigenvalue weighted by Gasteiger charge is -2.03. The molecule has 1 saturated heterocycles. The van der Waals surface area contributed by atoms with Crippen molar-refractivity contribution in [3.63, 3.8) is 0 Å². The van der Waals surface area contributed by atoms with Crippen molar-refractivity contribution in [1.29, 1.82) is 0 Å². The van der Waals surface area contributed by atoms with E-state index in [1.807, 2.05) is 12.3 Å². The maximum absolute atomic E-state index is 11.3. The van der Waals surface area contributed by atoms with E-state index in [4.69, 9.17) is 5.73 Å². The summed E-state index contributed by atoms with van der Waals surface area (Å²) in [6.07, 6.45) is 1.55. The van der Waals surface area contributed by atoms with Crippen molar-refractivity contribution in [3.8, 4) is 0 Å². The summed E-state index contributed by atoms with van der Waals surface area (Å²) in [5.74, 6) is 0.903. The van der Waals surface area contributed by atoms with Crippen LogP contribution in [0, 0.1) is 5.92 Å². The van der Waals surface area contributed by atoms with E-state index >= 15 is 0 Å². The Kier molecular flexibility index (Phi) is 3.32. The summed E-state index contributed by atoms with van der Waals surface area (Å²) in [6, 6.07) is -0.0442. The van der Waals surface area contributed by atoms with E-state index in [0.717, 1.165) is 23.5 Å². The van der Waals surface area contributed by atoms with Crippen LogP contribution in [0.1, 0.15) is 30.1 Å². The molecule has 16 heavy (non-hydrogen) atoms. The molecule has 6 heteroatoms. The van der Waals surface area contributed by atoms with Gasteiger partial charge in [0.1, 0.15) is 0 Å². The van der Waals surface area contributed by atoms with Crippen LogP contribution in [0.3, 0.4) is 0 Å². The molecule has 0 amide bonds. The van der Waals surface area contributed by atoms with Crippen LogP contribution in [0.2, 0.25) is 0 Å². The highest BCUT2D eigenvalue weighted by atomic mass is 32.2. The highest BCUT2D eigenvalue weighted by Gasteiger charge is 2.28. The largest absolute Gasteiger partial charge is 0.323 e. The van der Waals surface area contributed by atoms with Crippen molar-refractivity contribution in [2.24, 2.45) is 11.7 Å². The molecule has 1 aliphatic heterocycles. The zero-order valence-electron chi connectivity index (χ0n) is 9.22. The van der Waals surface area contributed by atoms with E-state index in [0.29, 0.717) is 11.5 Å². The van der Waals surface area contributed by atoms with Crippen LogP contribution in [0.25, 0.3) is 0 Å². The average Bonchev–Trinajstić information content (AvgIpc) is 2.73. The third-order valence-corrected chi connectivity index (χ3v) is 5.55. The molecule has 0 aliphatic carbocycles. The van der Waals surface area contributed by atoms with Crippen molar-refractivity contribution in [2.45, 2.75) is 25.8 Å². The molecule has 1 aromatic heterocycles. The molecular weight excluding hydrogens is 244 g/mol. The van der Waals surface area contributed by atoms with Gasteiger partial charge in [-0.3, -0.25) is 0 Å². The number of rotatable bonds is 3. The molecule has 90 valence electrons. The second-order valence-electron chi connectivity index (χ2n) is 4.43. The van der Waals surface area contributed by atoms with Gasteiger partial charge in [-0.1, -0.05) is 0 Å². The van der Waals surface area contributed by atoms with Crippen LogP contribution >= 0.6 is 11.3 Å². The van der Waals surface area contributed by atoms with Gasteiger partial charge >= 0.3 is 0 Å². The summed E-state index contributed by atoms with van der Waals surface area (Å²) < 4.78 is 22.6. The Morgan fingerprint density at radius 3 is 2.94 bits per heavy atom. The second kappa shape index (κ2) is 4.43. The number of hydrogen-bond donors (Lipinski definition) is 1. The van der Waals surface area contributed by atoms with E-state index in [-0.39, 0.29) is 12.0 Å². The van der Waals surface area contributed by atoms with Gasteiger partial charge in [0.2, 0.25) is 0 Å². The topological polar surface area (TPSA) is 73.1 Å². The minimum absolute atomic E-state index is 0.0442. The molecule has 0 saturated carbocycles. The molecule has 2 rings (SSSR count). The average molecular weight is 260 g/mol. The molecule has 1 aromatic rings. The maximum Gasteiger partial charge on any atom is 0.150 e. The monoisotopic (exact) mass is 260 g/mol. The van der Waals surface area contributed by atoms with E-state index in [9.17, 15) is 8.42 Å². The minimum atomic E-state index is -2.77. The molecular formula is C10H16N2O2S2. The van der Waals surface area contributed by atoms with Crippen LogP contribution in [0.5, 0.6) is 0 Å². The first-order valence-corrected chi connectivity index (χ1v) is 8.07. The van der Waals surface area contributed by atoms with Gasteiger partial charge in [-0.2, -0.15) is 0 Å². The zero-order valence-corrected chi connectivity index (χ0v) is 10.9. The Morgan fingerprint density at radius 1 is 1.69 bits per heavy atom. The lowest BCUT2D eigenvalue weighted by atomic mass is 10.1. The van der Waals surface area contributed by atoms with Gasteiger partial charge in [0, 0.05) is 17.8 Å². The van der Waals surface area contributed by atoms with E-state index in [1.165, 1.54) is 0 Å². The molecule has 1 fully saturated rings. The molecule has 1 aliphatic rings. The first-order valence-electron chi connectivity index (χ1n) is 5.36. The molecule has 4 nitrogen and oxygen atoms in total. The Balaban J connectivity index is 2.00. The molecule has 0 aromatic carbocycles. The summed E-state index contributed by atoms with van der Waals surface area (Å²) >= 11 is 1.58. The Hall–Kier alpha value is -0.460. The summed E-state index contributed by atoms with van der Waals surface area (Å²) in [5, 5.41) is 2.97. The van der Waals surface area contributed by atoms with Crippen molar-refractivity contribution < 1.29 is 8.42 Å². The summed E-state index contributed by atoms with van der Waals surface area (Å²) in [6.45, 7) is 1.90. The molecule has 2 N–H and O–H groups in total. The number of aromatic nitrogens is 1. The van der Waals surface area contributed by atoms with Gasteiger partial charge < -0.3 is 5.73 Å². The first kappa shape index (κ1) is 12.0. The molecule has 0 spiro atoms. The fourth-order valence-corrected chi connectivity index (χ4v) is 4.78. The molecule has 0 radical (unpaired) electrons. The predicted octanol–water partition coefficient (Wildman–Crippen LogP) is 1.14. The SMILES string of the molecule is CC(N)c1csc(CC2CCS(=O)(=O)C2)n1.